The normalized spacial score (nSPS) is 11.6. The van der Waals surface area contributed by atoms with E-state index in [4.69, 9.17) is 11.6 Å². The summed E-state index contributed by atoms with van der Waals surface area (Å²) in [5, 5.41) is 5.69. The van der Waals surface area contributed by atoms with Gasteiger partial charge in [-0.1, -0.05) is 35.9 Å². The van der Waals surface area contributed by atoms with Gasteiger partial charge in [0.25, 0.3) is 0 Å². The summed E-state index contributed by atoms with van der Waals surface area (Å²) in [7, 11) is 0. The molecule has 3 aromatic carbocycles. The Bertz CT molecular complexity index is 895. The lowest BCUT2D eigenvalue weighted by molar-refractivity contribution is 1.51. The van der Waals surface area contributed by atoms with Crippen LogP contribution in [0.3, 0.4) is 0 Å². The van der Waals surface area contributed by atoms with Crippen molar-refractivity contribution in [1.29, 1.82) is 0 Å². The van der Waals surface area contributed by atoms with Gasteiger partial charge < -0.3 is 0 Å². The molecule has 86 valence electrons. The first-order valence-corrected chi connectivity index (χ1v) is 6.93. The van der Waals surface area contributed by atoms with E-state index in [1.807, 2.05) is 17.6 Å². The van der Waals surface area contributed by atoms with E-state index in [0.717, 1.165) is 10.5 Å². The SMILES string of the molecule is Clc1ccc2ccc3ccc4ncsc4c3c2c1. The molecule has 0 radical (unpaired) electrons. The van der Waals surface area contributed by atoms with Gasteiger partial charge in [0.2, 0.25) is 0 Å². The zero-order chi connectivity index (χ0) is 12.1. The topological polar surface area (TPSA) is 12.9 Å². The van der Waals surface area contributed by atoms with Crippen molar-refractivity contribution in [3.63, 3.8) is 0 Å². The largest absolute Gasteiger partial charge is 0.245 e. The highest BCUT2D eigenvalue weighted by molar-refractivity contribution is 7.17. The minimum Gasteiger partial charge on any atom is -0.245 e. The maximum atomic E-state index is 6.13. The van der Waals surface area contributed by atoms with Gasteiger partial charge in [-0.3, -0.25) is 0 Å². The molecule has 0 aliphatic carbocycles. The molecule has 3 heteroatoms. The van der Waals surface area contributed by atoms with E-state index >= 15 is 0 Å². The second-order valence-electron chi connectivity index (χ2n) is 4.30. The van der Waals surface area contributed by atoms with E-state index in [2.05, 4.69) is 35.3 Å². The molecule has 4 aromatic rings. The molecule has 4 rings (SSSR count). The molecule has 0 unspecified atom stereocenters. The average Bonchev–Trinajstić information content (AvgIpc) is 2.86. The summed E-state index contributed by atoms with van der Waals surface area (Å²) in [6.45, 7) is 0. The third-order valence-electron chi connectivity index (χ3n) is 3.26. The van der Waals surface area contributed by atoms with Gasteiger partial charge in [0, 0.05) is 10.4 Å². The lowest BCUT2D eigenvalue weighted by Gasteiger charge is -2.05. The van der Waals surface area contributed by atoms with Crippen LogP contribution in [0.5, 0.6) is 0 Å². The van der Waals surface area contributed by atoms with Gasteiger partial charge in [0.05, 0.1) is 15.7 Å². The molecule has 0 saturated heterocycles. The van der Waals surface area contributed by atoms with Crippen molar-refractivity contribution in [2.75, 3.05) is 0 Å². The minimum atomic E-state index is 0.775. The molecular weight excluding hydrogens is 262 g/mol. The molecule has 0 atom stereocenters. The number of rotatable bonds is 0. The van der Waals surface area contributed by atoms with Gasteiger partial charge in [-0.25, -0.2) is 4.98 Å². The molecule has 0 bridgehead atoms. The van der Waals surface area contributed by atoms with E-state index < -0.39 is 0 Å². The summed E-state index contributed by atoms with van der Waals surface area (Å²) in [5.41, 5.74) is 2.95. The van der Waals surface area contributed by atoms with Crippen molar-refractivity contribution in [3.05, 3.63) is 53.0 Å². The number of halogens is 1. The van der Waals surface area contributed by atoms with E-state index in [9.17, 15) is 0 Å². The van der Waals surface area contributed by atoms with Crippen molar-refractivity contribution in [1.82, 2.24) is 4.98 Å². The maximum absolute atomic E-state index is 6.13. The predicted octanol–water partition coefficient (Wildman–Crippen LogP) is 5.26. The van der Waals surface area contributed by atoms with Crippen molar-refractivity contribution in [3.8, 4) is 0 Å². The van der Waals surface area contributed by atoms with Crippen LogP contribution < -0.4 is 0 Å². The Morgan fingerprint density at radius 3 is 2.67 bits per heavy atom. The van der Waals surface area contributed by atoms with E-state index in [1.165, 1.54) is 26.2 Å². The van der Waals surface area contributed by atoms with Crippen molar-refractivity contribution >= 4 is 54.7 Å². The van der Waals surface area contributed by atoms with E-state index in [-0.39, 0.29) is 0 Å². The van der Waals surface area contributed by atoms with Crippen molar-refractivity contribution in [2.45, 2.75) is 0 Å². The molecular formula is C15H8ClNS. The number of aromatic nitrogens is 1. The monoisotopic (exact) mass is 269 g/mol. The number of fused-ring (bicyclic) bond motifs is 5. The quantitative estimate of drug-likeness (QED) is 0.397. The van der Waals surface area contributed by atoms with Crippen LogP contribution in [0.1, 0.15) is 0 Å². The summed E-state index contributed by atoms with van der Waals surface area (Å²) in [6.07, 6.45) is 0. The van der Waals surface area contributed by atoms with Gasteiger partial charge in [0.1, 0.15) is 0 Å². The molecule has 0 N–H and O–H groups in total. The highest BCUT2D eigenvalue weighted by atomic mass is 35.5. The number of thiazole rings is 1. The second-order valence-corrected chi connectivity index (χ2v) is 5.59. The molecule has 1 nitrogen and oxygen atoms in total. The summed E-state index contributed by atoms with van der Waals surface area (Å²) >= 11 is 7.82. The minimum absolute atomic E-state index is 0.775. The van der Waals surface area contributed by atoms with Gasteiger partial charge in [-0.05, 0) is 34.4 Å². The summed E-state index contributed by atoms with van der Waals surface area (Å²) in [6, 6.07) is 14.5. The van der Waals surface area contributed by atoms with Crippen LogP contribution in [0, 0.1) is 0 Å². The standard InChI is InChI=1S/C15H8ClNS/c16-11-5-3-9-1-2-10-4-6-13-15(18-8-17-13)14(10)12(9)7-11/h1-8H. The van der Waals surface area contributed by atoms with Gasteiger partial charge >= 0.3 is 0 Å². The van der Waals surface area contributed by atoms with Crippen LogP contribution in [0.4, 0.5) is 0 Å². The Kier molecular flexibility index (Phi) is 2.10. The fourth-order valence-corrected chi connectivity index (χ4v) is 3.46. The van der Waals surface area contributed by atoms with Gasteiger partial charge in [-0.2, -0.15) is 0 Å². The molecule has 0 aliphatic heterocycles. The Hall–Kier alpha value is -1.64. The zero-order valence-electron chi connectivity index (χ0n) is 9.35. The molecule has 0 aliphatic rings. The molecule has 1 heterocycles. The van der Waals surface area contributed by atoms with Crippen LogP contribution in [0.25, 0.3) is 31.8 Å². The van der Waals surface area contributed by atoms with Crippen LogP contribution in [0.15, 0.2) is 48.0 Å². The number of nitrogens with zero attached hydrogens (tertiary/aromatic N) is 1. The predicted molar refractivity (Wildman–Crippen MR) is 79.6 cm³/mol. The van der Waals surface area contributed by atoms with Crippen LogP contribution in [-0.2, 0) is 0 Å². The van der Waals surface area contributed by atoms with Gasteiger partial charge in [0.15, 0.2) is 0 Å². The Balaban J connectivity index is 2.37. The Morgan fingerprint density at radius 1 is 0.944 bits per heavy atom. The molecule has 18 heavy (non-hydrogen) atoms. The molecule has 0 fully saturated rings. The summed E-state index contributed by atoms with van der Waals surface area (Å²) in [5.74, 6) is 0. The van der Waals surface area contributed by atoms with Crippen molar-refractivity contribution in [2.24, 2.45) is 0 Å². The van der Waals surface area contributed by atoms with E-state index in [1.54, 1.807) is 11.3 Å². The maximum Gasteiger partial charge on any atom is 0.0818 e. The average molecular weight is 270 g/mol. The van der Waals surface area contributed by atoms with Crippen LogP contribution in [-0.4, -0.2) is 4.98 Å². The first-order chi connectivity index (χ1) is 8.83. The smallest absolute Gasteiger partial charge is 0.0818 e. The fraction of sp³-hybridized carbons (Fsp3) is 0. The number of hydrogen-bond acceptors (Lipinski definition) is 2. The summed E-state index contributed by atoms with van der Waals surface area (Å²) in [4.78, 5) is 4.38. The lowest BCUT2D eigenvalue weighted by atomic mass is 10.0. The third-order valence-corrected chi connectivity index (χ3v) is 4.35. The van der Waals surface area contributed by atoms with Gasteiger partial charge in [-0.15, -0.1) is 11.3 Å². The lowest BCUT2D eigenvalue weighted by Crippen LogP contribution is -1.79. The number of benzene rings is 3. The molecule has 0 amide bonds. The van der Waals surface area contributed by atoms with E-state index in [0.29, 0.717) is 0 Å². The summed E-state index contributed by atoms with van der Waals surface area (Å²) < 4.78 is 1.24. The highest BCUT2D eigenvalue weighted by Crippen LogP contribution is 2.34. The molecule has 1 aromatic heterocycles. The molecule has 0 saturated carbocycles. The second kappa shape index (κ2) is 3.67. The van der Waals surface area contributed by atoms with Crippen LogP contribution >= 0.6 is 22.9 Å². The van der Waals surface area contributed by atoms with Crippen molar-refractivity contribution < 1.29 is 0 Å². The third kappa shape index (κ3) is 1.36. The number of hydrogen-bond donors (Lipinski definition) is 0. The highest BCUT2D eigenvalue weighted by Gasteiger charge is 2.07. The Morgan fingerprint density at radius 2 is 1.72 bits per heavy atom. The first kappa shape index (κ1) is 10.3. The molecule has 0 spiro atoms. The van der Waals surface area contributed by atoms with Crippen LogP contribution in [0.2, 0.25) is 5.02 Å². The Labute approximate surface area is 113 Å². The fourth-order valence-electron chi connectivity index (χ4n) is 2.43. The zero-order valence-corrected chi connectivity index (χ0v) is 10.9. The first-order valence-electron chi connectivity index (χ1n) is 5.67.